The van der Waals surface area contributed by atoms with Crippen LogP contribution in [-0.4, -0.2) is 43.3 Å². The molecule has 0 radical (unpaired) electrons. The van der Waals surface area contributed by atoms with Crippen molar-refractivity contribution < 1.29 is 9.47 Å². The molecule has 0 unspecified atom stereocenters. The Morgan fingerprint density at radius 1 is 1.06 bits per heavy atom. The van der Waals surface area contributed by atoms with E-state index in [1.165, 1.54) is 30.4 Å². The number of hydrogen-bond donors (Lipinski definition) is 0. The van der Waals surface area contributed by atoms with Crippen molar-refractivity contribution in [3.63, 3.8) is 0 Å². The van der Waals surface area contributed by atoms with Crippen LogP contribution in [0.25, 0.3) is 11.1 Å². The van der Waals surface area contributed by atoms with Crippen molar-refractivity contribution >= 4 is 11.3 Å². The summed E-state index contributed by atoms with van der Waals surface area (Å²) < 4.78 is 11.6. The minimum absolute atomic E-state index is 0.379. The van der Waals surface area contributed by atoms with Crippen LogP contribution in [0.2, 0.25) is 0 Å². The van der Waals surface area contributed by atoms with Gasteiger partial charge < -0.3 is 9.47 Å². The van der Waals surface area contributed by atoms with E-state index in [9.17, 15) is 0 Å². The van der Waals surface area contributed by atoms with Gasteiger partial charge in [-0.3, -0.25) is 4.90 Å². The van der Waals surface area contributed by atoms with E-state index in [4.69, 9.17) is 9.47 Å². The molecule has 0 saturated carbocycles. The van der Waals surface area contributed by atoms with Gasteiger partial charge >= 0.3 is 0 Å². The van der Waals surface area contributed by atoms with Crippen LogP contribution >= 0.6 is 11.3 Å². The maximum Gasteiger partial charge on any atom is 0.123 e. The first-order valence-electron chi connectivity index (χ1n) is 11.8. The molecule has 0 spiro atoms. The SMILES string of the molecule is CCCN(CC=CC#CC(C)(C)OCC)CCCCCOc1cccc(-c2ccsc2)c1. The monoisotopic (exact) mass is 453 g/mol. The highest BCUT2D eigenvalue weighted by Gasteiger charge is 2.12. The number of ether oxygens (including phenoxy) is 2. The van der Waals surface area contributed by atoms with E-state index >= 15 is 0 Å². The van der Waals surface area contributed by atoms with Gasteiger partial charge in [-0.15, -0.1) is 0 Å². The van der Waals surface area contributed by atoms with E-state index in [1.807, 2.05) is 32.9 Å². The second kappa shape index (κ2) is 14.9. The number of rotatable bonds is 14. The van der Waals surface area contributed by atoms with Crippen LogP contribution < -0.4 is 4.74 Å². The lowest BCUT2D eigenvalue weighted by Gasteiger charge is -2.19. The smallest absolute Gasteiger partial charge is 0.123 e. The third-order valence-corrected chi connectivity index (χ3v) is 5.74. The van der Waals surface area contributed by atoms with Gasteiger partial charge in [-0.1, -0.05) is 37.0 Å². The van der Waals surface area contributed by atoms with Gasteiger partial charge in [0.1, 0.15) is 11.4 Å². The third kappa shape index (κ3) is 10.5. The molecule has 3 nitrogen and oxygen atoms in total. The van der Waals surface area contributed by atoms with Gasteiger partial charge in [0.05, 0.1) is 6.61 Å². The molecule has 4 heteroatoms. The van der Waals surface area contributed by atoms with Gasteiger partial charge in [-0.2, -0.15) is 11.3 Å². The fraction of sp³-hybridized carbons (Fsp3) is 0.500. The topological polar surface area (TPSA) is 21.7 Å². The highest BCUT2D eigenvalue weighted by atomic mass is 32.1. The molecule has 1 aromatic carbocycles. The van der Waals surface area contributed by atoms with E-state index in [1.54, 1.807) is 11.3 Å². The Morgan fingerprint density at radius 2 is 1.94 bits per heavy atom. The highest BCUT2D eigenvalue weighted by molar-refractivity contribution is 7.08. The fourth-order valence-corrected chi connectivity index (χ4v) is 4.15. The summed E-state index contributed by atoms with van der Waals surface area (Å²) in [6, 6.07) is 10.5. The third-order valence-electron chi connectivity index (χ3n) is 5.06. The number of thiophene rings is 1. The lowest BCUT2D eigenvalue weighted by atomic mass is 10.1. The number of hydrogen-bond acceptors (Lipinski definition) is 4. The van der Waals surface area contributed by atoms with Gasteiger partial charge in [0.2, 0.25) is 0 Å². The Balaban J connectivity index is 1.65. The van der Waals surface area contributed by atoms with Crippen molar-refractivity contribution in [1.29, 1.82) is 0 Å². The van der Waals surface area contributed by atoms with Crippen molar-refractivity contribution in [3.05, 3.63) is 53.2 Å². The normalized spacial score (nSPS) is 11.7. The summed E-state index contributed by atoms with van der Waals surface area (Å²) in [7, 11) is 0. The van der Waals surface area contributed by atoms with Crippen molar-refractivity contribution in [1.82, 2.24) is 4.90 Å². The summed E-state index contributed by atoms with van der Waals surface area (Å²) in [6.07, 6.45) is 8.73. The first-order valence-corrected chi connectivity index (χ1v) is 12.8. The molecule has 0 aliphatic carbocycles. The summed E-state index contributed by atoms with van der Waals surface area (Å²) in [6.45, 7) is 12.9. The molecular weight excluding hydrogens is 414 g/mol. The minimum atomic E-state index is -0.379. The molecule has 32 heavy (non-hydrogen) atoms. The number of benzene rings is 1. The Labute approximate surface area is 199 Å². The van der Waals surface area contributed by atoms with Crippen LogP contribution in [0.15, 0.2) is 53.2 Å². The van der Waals surface area contributed by atoms with Gasteiger partial charge in [0.15, 0.2) is 0 Å². The summed E-state index contributed by atoms with van der Waals surface area (Å²) >= 11 is 1.72. The summed E-state index contributed by atoms with van der Waals surface area (Å²) in [5.41, 5.74) is 2.10. The molecule has 0 amide bonds. The first kappa shape index (κ1) is 26.2. The lowest BCUT2D eigenvalue weighted by Crippen LogP contribution is -2.26. The van der Waals surface area contributed by atoms with Crippen LogP contribution in [0.4, 0.5) is 0 Å². The molecule has 0 N–H and O–H groups in total. The molecule has 0 saturated heterocycles. The Hall–Kier alpha value is -2.06. The van der Waals surface area contributed by atoms with E-state index in [-0.39, 0.29) is 5.60 Å². The summed E-state index contributed by atoms with van der Waals surface area (Å²) in [5.74, 6) is 7.25. The fourth-order valence-electron chi connectivity index (χ4n) is 3.48. The van der Waals surface area contributed by atoms with Crippen LogP contribution in [-0.2, 0) is 4.74 Å². The zero-order chi connectivity index (χ0) is 23.1. The number of allylic oxidation sites excluding steroid dienone is 1. The molecule has 1 heterocycles. The quantitative estimate of drug-likeness (QED) is 0.226. The predicted molar refractivity (Wildman–Crippen MR) is 138 cm³/mol. The average molecular weight is 454 g/mol. The Morgan fingerprint density at radius 3 is 2.69 bits per heavy atom. The average Bonchev–Trinajstić information content (AvgIpc) is 3.31. The molecule has 0 aliphatic rings. The van der Waals surface area contributed by atoms with E-state index in [2.05, 4.69) is 64.8 Å². The van der Waals surface area contributed by atoms with Crippen LogP contribution in [0.3, 0.4) is 0 Å². The van der Waals surface area contributed by atoms with E-state index in [0.29, 0.717) is 6.61 Å². The molecule has 2 rings (SSSR count). The largest absolute Gasteiger partial charge is 0.494 e. The van der Waals surface area contributed by atoms with Crippen molar-refractivity contribution in [3.8, 4) is 28.7 Å². The second-order valence-corrected chi connectivity index (χ2v) is 9.14. The molecule has 174 valence electrons. The standard InChI is InChI=1S/C28H39NO2S/c1-5-18-29(19-10-7-9-17-28(3,4)31-6-2)20-11-8-12-21-30-27-15-13-14-25(23-27)26-16-22-32-24-26/h7,10,13-16,22-24H,5-6,8,11-12,18-21H2,1-4H3. The van der Waals surface area contributed by atoms with E-state index < -0.39 is 0 Å². The maximum absolute atomic E-state index is 5.99. The van der Waals surface area contributed by atoms with Crippen LogP contribution in [0.1, 0.15) is 53.4 Å². The predicted octanol–water partition coefficient (Wildman–Crippen LogP) is 7.05. The highest BCUT2D eigenvalue weighted by Crippen LogP contribution is 2.25. The molecule has 2 aromatic rings. The zero-order valence-corrected chi connectivity index (χ0v) is 21.0. The Kier molecular flexibility index (Phi) is 12.2. The molecular formula is C28H39NO2S. The summed E-state index contributed by atoms with van der Waals surface area (Å²) in [5, 5.41) is 4.28. The molecule has 0 bridgehead atoms. The summed E-state index contributed by atoms with van der Waals surface area (Å²) in [4.78, 5) is 2.50. The van der Waals surface area contributed by atoms with Gasteiger partial charge in [0, 0.05) is 13.2 Å². The van der Waals surface area contributed by atoms with Gasteiger partial charge in [-0.05, 0) is 106 Å². The zero-order valence-electron chi connectivity index (χ0n) is 20.2. The van der Waals surface area contributed by atoms with Crippen molar-refractivity contribution in [2.45, 2.75) is 59.0 Å². The lowest BCUT2D eigenvalue weighted by molar-refractivity contribution is 0.0362. The number of nitrogens with zero attached hydrogens (tertiary/aromatic N) is 1. The van der Waals surface area contributed by atoms with Gasteiger partial charge in [0.25, 0.3) is 0 Å². The minimum Gasteiger partial charge on any atom is -0.494 e. The second-order valence-electron chi connectivity index (χ2n) is 8.36. The molecule has 0 fully saturated rings. The van der Waals surface area contributed by atoms with E-state index in [0.717, 1.165) is 38.4 Å². The van der Waals surface area contributed by atoms with Crippen molar-refractivity contribution in [2.24, 2.45) is 0 Å². The molecule has 1 aromatic heterocycles. The first-order chi connectivity index (χ1) is 15.5. The number of unbranched alkanes of at least 4 members (excludes halogenated alkanes) is 2. The van der Waals surface area contributed by atoms with Gasteiger partial charge in [-0.25, -0.2) is 0 Å². The van der Waals surface area contributed by atoms with Crippen molar-refractivity contribution in [2.75, 3.05) is 32.8 Å². The Bertz CT molecular complexity index is 846. The maximum atomic E-state index is 5.99. The van der Waals surface area contributed by atoms with Crippen LogP contribution in [0.5, 0.6) is 5.75 Å². The molecule has 0 aliphatic heterocycles. The molecule has 0 atom stereocenters. The van der Waals surface area contributed by atoms with Crippen LogP contribution in [0, 0.1) is 11.8 Å².